The summed E-state index contributed by atoms with van der Waals surface area (Å²) in [6.45, 7) is 11.8. The molecule has 0 amide bonds. The van der Waals surface area contributed by atoms with Crippen LogP contribution >= 0.6 is 11.3 Å². The second-order valence-corrected chi connectivity index (χ2v) is 5.84. The minimum atomic E-state index is 0.717. The van der Waals surface area contributed by atoms with Crippen molar-refractivity contribution < 1.29 is 0 Å². The molecule has 1 heterocycles. The third kappa shape index (κ3) is 4.10. The van der Waals surface area contributed by atoms with Crippen LogP contribution in [0, 0.1) is 19.8 Å². The molecule has 0 fully saturated rings. The average molecular weight is 241 g/mol. The maximum atomic E-state index is 4.54. The van der Waals surface area contributed by atoms with Crippen molar-refractivity contribution in [3.63, 3.8) is 0 Å². The minimum absolute atomic E-state index is 0.717. The predicted molar refractivity (Wildman–Crippen MR) is 72.6 cm³/mol. The van der Waals surface area contributed by atoms with Gasteiger partial charge in [-0.1, -0.05) is 13.8 Å². The fourth-order valence-electron chi connectivity index (χ4n) is 1.35. The summed E-state index contributed by atoms with van der Waals surface area (Å²) < 4.78 is 0. The molecule has 1 N–H and O–H groups in total. The summed E-state index contributed by atoms with van der Waals surface area (Å²) in [6.07, 6.45) is 0. The first-order valence-corrected chi connectivity index (χ1v) is 6.68. The molecule has 16 heavy (non-hydrogen) atoms. The molecule has 0 unspecified atom stereocenters. The quantitative estimate of drug-likeness (QED) is 0.775. The maximum absolute atomic E-state index is 4.54. The summed E-state index contributed by atoms with van der Waals surface area (Å²) in [5.74, 6) is 0.717. The van der Waals surface area contributed by atoms with Crippen LogP contribution in [0.3, 0.4) is 0 Å². The van der Waals surface area contributed by atoms with Gasteiger partial charge in [0, 0.05) is 25.0 Å². The zero-order valence-electron chi connectivity index (χ0n) is 11.0. The van der Waals surface area contributed by atoms with Gasteiger partial charge in [0.15, 0.2) is 5.13 Å². The Morgan fingerprint density at radius 3 is 2.56 bits per heavy atom. The number of hydrogen-bond donors (Lipinski definition) is 1. The van der Waals surface area contributed by atoms with Gasteiger partial charge in [-0.25, -0.2) is 4.98 Å². The van der Waals surface area contributed by atoms with Crippen molar-refractivity contribution in [3.8, 4) is 0 Å². The number of nitrogens with zero attached hydrogens (tertiary/aromatic N) is 2. The first-order valence-electron chi connectivity index (χ1n) is 5.86. The molecular weight excluding hydrogens is 218 g/mol. The van der Waals surface area contributed by atoms with Gasteiger partial charge in [0.25, 0.3) is 0 Å². The standard InChI is InChI=1S/C12H23N3S/c1-9(2)8-13-6-7-15(5)12-14-10(3)11(4)16-12/h9,13H,6-8H2,1-5H3. The summed E-state index contributed by atoms with van der Waals surface area (Å²) in [7, 11) is 2.11. The van der Waals surface area contributed by atoms with E-state index in [1.807, 2.05) is 0 Å². The Labute approximate surface area is 103 Å². The molecule has 0 atom stereocenters. The van der Waals surface area contributed by atoms with Crippen molar-refractivity contribution in [3.05, 3.63) is 10.6 Å². The van der Waals surface area contributed by atoms with Gasteiger partial charge in [-0.15, -0.1) is 11.3 Å². The number of aromatic nitrogens is 1. The van der Waals surface area contributed by atoms with Crippen molar-refractivity contribution >= 4 is 16.5 Å². The molecule has 0 saturated heterocycles. The molecule has 1 aromatic heterocycles. The highest BCUT2D eigenvalue weighted by Gasteiger charge is 2.07. The second-order valence-electron chi connectivity index (χ2n) is 4.66. The molecule has 0 saturated carbocycles. The molecule has 0 aromatic carbocycles. The van der Waals surface area contributed by atoms with E-state index < -0.39 is 0 Å². The lowest BCUT2D eigenvalue weighted by Gasteiger charge is -2.16. The summed E-state index contributed by atoms with van der Waals surface area (Å²) in [6, 6.07) is 0. The maximum Gasteiger partial charge on any atom is 0.185 e. The molecule has 0 aliphatic rings. The lowest BCUT2D eigenvalue weighted by Crippen LogP contribution is -2.31. The Kier molecular flexibility index (Phi) is 5.22. The largest absolute Gasteiger partial charge is 0.350 e. The Morgan fingerprint density at radius 1 is 1.38 bits per heavy atom. The van der Waals surface area contributed by atoms with Crippen LogP contribution in [0.4, 0.5) is 5.13 Å². The highest BCUT2D eigenvalue weighted by molar-refractivity contribution is 7.15. The van der Waals surface area contributed by atoms with Gasteiger partial charge in [0.1, 0.15) is 0 Å². The van der Waals surface area contributed by atoms with Crippen molar-refractivity contribution in [2.24, 2.45) is 5.92 Å². The Hall–Kier alpha value is -0.610. The van der Waals surface area contributed by atoms with E-state index in [1.165, 1.54) is 4.88 Å². The molecule has 0 spiro atoms. The van der Waals surface area contributed by atoms with E-state index in [0.717, 1.165) is 36.4 Å². The van der Waals surface area contributed by atoms with Crippen LogP contribution in [0.1, 0.15) is 24.4 Å². The fourth-order valence-corrected chi connectivity index (χ4v) is 2.25. The van der Waals surface area contributed by atoms with E-state index >= 15 is 0 Å². The SMILES string of the molecule is Cc1nc(N(C)CCNCC(C)C)sc1C. The molecule has 1 aromatic rings. The summed E-state index contributed by atoms with van der Waals surface area (Å²) in [4.78, 5) is 8.08. The van der Waals surface area contributed by atoms with E-state index in [9.17, 15) is 0 Å². The van der Waals surface area contributed by atoms with Crippen molar-refractivity contribution in [1.29, 1.82) is 0 Å². The van der Waals surface area contributed by atoms with Crippen molar-refractivity contribution in [2.75, 3.05) is 31.6 Å². The van der Waals surface area contributed by atoms with E-state index in [1.54, 1.807) is 11.3 Å². The Bertz CT molecular complexity index is 301. The molecule has 0 radical (unpaired) electrons. The molecule has 3 nitrogen and oxygen atoms in total. The Morgan fingerprint density at radius 2 is 2.06 bits per heavy atom. The van der Waals surface area contributed by atoms with Gasteiger partial charge >= 0.3 is 0 Å². The first kappa shape index (κ1) is 13.5. The van der Waals surface area contributed by atoms with Gasteiger partial charge in [0.05, 0.1) is 5.69 Å². The first-order chi connectivity index (χ1) is 7.50. The molecule has 4 heteroatoms. The Balaban J connectivity index is 2.32. The molecule has 92 valence electrons. The minimum Gasteiger partial charge on any atom is -0.350 e. The van der Waals surface area contributed by atoms with Crippen LogP contribution in [-0.2, 0) is 0 Å². The number of aryl methyl sites for hydroxylation is 2. The van der Waals surface area contributed by atoms with Crippen molar-refractivity contribution in [2.45, 2.75) is 27.7 Å². The third-order valence-corrected chi connectivity index (χ3v) is 3.71. The average Bonchev–Trinajstić information content (AvgIpc) is 2.54. The number of likely N-dealkylation sites (N-methyl/N-ethyl adjacent to an activating group) is 1. The van der Waals surface area contributed by atoms with Gasteiger partial charge in [0.2, 0.25) is 0 Å². The van der Waals surface area contributed by atoms with E-state index in [0.29, 0.717) is 0 Å². The van der Waals surface area contributed by atoms with Gasteiger partial charge in [-0.05, 0) is 26.3 Å². The molecular formula is C12H23N3S. The van der Waals surface area contributed by atoms with Crippen LogP contribution in [0.5, 0.6) is 0 Å². The van der Waals surface area contributed by atoms with Crippen LogP contribution in [0.2, 0.25) is 0 Å². The van der Waals surface area contributed by atoms with Crippen LogP contribution < -0.4 is 10.2 Å². The van der Waals surface area contributed by atoms with Crippen LogP contribution in [0.15, 0.2) is 0 Å². The number of rotatable bonds is 6. The smallest absolute Gasteiger partial charge is 0.185 e. The summed E-state index contributed by atoms with van der Waals surface area (Å²) in [5.41, 5.74) is 1.15. The zero-order valence-corrected chi connectivity index (χ0v) is 11.8. The number of thiazole rings is 1. The highest BCUT2D eigenvalue weighted by Crippen LogP contribution is 2.23. The molecule has 0 aliphatic heterocycles. The second kappa shape index (κ2) is 6.21. The number of anilines is 1. The number of nitrogens with one attached hydrogen (secondary N) is 1. The van der Waals surface area contributed by atoms with Gasteiger partial charge in [-0.2, -0.15) is 0 Å². The van der Waals surface area contributed by atoms with Gasteiger partial charge < -0.3 is 10.2 Å². The van der Waals surface area contributed by atoms with Crippen molar-refractivity contribution in [1.82, 2.24) is 10.3 Å². The van der Waals surface area contributed by atoms with E-state index in [4.69, 9.17) is 0 Å². The highest BCUT2D eigenvalue weighted by atomic mass is 32.1. The lowest BCUT2D eigenvalue weighted by molar-refractivity contribution is 0.554. The lowest BCUT2D eigenvalue weighted by atomic mass is 10.2. The molecule has 0 aliphatic carbocycles. The summed E-state index contributed by atoms with van der Waals surface area (Å²) in [5, 5.41) is 4.57. The van der Waals surface area contributed by atoms with E-state index in [2.05, 4.69) is 49.9 Å². The normalized spacial score (nSPS) is 11.1. The number of hydrogen-bond acceptors (Lipinski definition) is 4. The molecule has 1 rings (SSSR count). The molecule has 0 bridgehead atoms. The van der Waals surface area contributed by atoms with Crippen LogP contribution in [-0.4, -0.2) is 31.7 Å². The third-order valence-electron chi connectivity index (χ3n) is 2.52. The topological polar surface area (TPSA) is 28.2 Å². The van der Waals surface area contributed by atoms with Gasteiger partial charge in [-0.3, -0.25) is 0 Å². The predicted octanol–water partition coefficient (Wildman–Crippen LogP) is 2.44. The fraction of sp³-hybridized carbons (Fsp3) is 0.750. The van der Waals surface area contributed by atoms with Crippen LogP contribution in [0.25, 0.3) is 0 Å². The van der Waals surface area contributed by atoms with E-state index in [-0.39, 0.29) is 0 Å². The zero-order chi connectivity index (χ0) is 12.1. The summed E-state index contributed by atoms with van der Waals surface area (Å²) >= 11 is 1.77. The monoisotopic (exact) mass is 241 g/mol.